The second kappa shape index (κ2) is 8.20. The van der Waals surface area contributed by atoms with Crippen LogP contribution in [0.3, 0.4) is 0 Å². The first-order valence-corrected chi connectivity index (χ1v) is 8.90. The minimum atomic E-state index is -1.17. The molecule has 8 heteroatoms. The Bertz CT molecular complexity index is 958. The number of hydrogen-bond acceptors (Lipinski definition) is 4. The van der Waals surface area contributed by atoms with Gasteiger partial charge in [-0.2, -0.15) is 0 Å². The minimum Gasteiger partial charge on any atom is -0.480 e. The van der Waals surface area contributed by atoms with Crippen LogP contribution in [-0.4, -0.2) is 32.6 Å². The Balaban J connectivity index is 2.56. The van der Waals surface area contributed by atoms with Gasteiger partial charge in [-0.15, -0.1) is 0 Å². The summed E-state index contributed by atoms with van der Waals surface area (Å²) >= 11 is 0. The van der Waals surface area contributed by atoms with Crippen molar-refractivity contribution in [1.82, 2.24) is 14.9 Å². The average molecular weight is 375 g/mol. The van der Waals surface area contributed by atoms with Crippen molar-refractivity contribution in [2.45, 2.75) is 46.2 Å². The number of benzene rings is 1. The van der Waals surface area contributed by atoms with Crippen LogP contribution >= 0.6 is 0 Å². The predicted molar refractivity (Wildman–Crippen MR) is 102 cm³/mol. The van der Waals surface area contributed by atoms with Gasteiger partial charge in [0.25, 0.3) is 5.56 Å². The van der Waals surface area contributed by atoms with E-state index in [-0.39, 0.29) is 23.6 Å². The van der Waals surface area contributed by atoms with Gasteiger partial charge >= 0.3 is 11.7 Å². The van der Waals surface area contributed by atoms with Crippen molar-refractivity contribution in [1.29, 1.82) is 0 Å². The number of aromatic nitrogens is 2. The summed E-state index contributed by atoms with van der Waals surface area (Å²) in [6.07, 6.45) is 0.220. The lowest BCUT2D eigenvalue weighted by atomic mass is 10.00. The van der Waals surface area contributed by atoms with Gasteiger partial charge in [0.2, 0.25) is 5.91 Å². The molecular formula is C19H25N3O5. The molecule has 1 amide bonds. The number of amides is 1. The molecule has 146 valence electrons. The molecule has 0 aliphatic carbocycles. The third-order valence-electron chi connectivity index (χ3n) is 4.38. The summed E-state index contributed by atoms with van der Waals surface area (Å²) in [5.41, 5.74) is -0.888. The molecule has 0 aliphatic heterocycles. The molecule has 0 saturated heterocycles. The molecule has 0 bridgehead atoms. The highest BCUT2D eigenvalue weighted by Crippen LogP contribution is 2.17. The Kier molecular flexibility index (Phi) is 6.20. The van der Waals surface area contributed by atoms with Gasteiger partial charge in [-0.1, -0.05) is 39.8 Å². The highest BCUT2D eigenvalue weighted by molar-refractivity contribution is 5.86. The number of nitrogens with one attached hydrogen (secondary N) is 2. The number of H-pyrrole nitrogens is 1. The molecule has 2 rings (SSSR count). The molecule has 0 aliphatic rings. The molecule has 0 saturated carbocycles. The van der Waals surface area contributed by atoms with E-state index in [0.29, 0.717) is 5.52 Å². The second-order valence-electron chi connectivity index (χ2n) is 7.36. The van der Waals surface area contributed by atoms with Gasteiger partial charge in [-0.3, -0.25) is 9.59 Å². The zero-order valence-electron chi connectivity index (χ0n) is 15.9. The lowest BCUT2D eigenvalue weighted by molar-refractivity contribution is -0.143. The average Bonchev–Trinajstić information content (AvgIpc) is 2.57. The number of carboxylic acids is 1. The van der Waals surface area contributed by atoms with Crippen LogP contribution in [0.4, 0.5) is 0 Å². The van der Waals surface area contributed by atoms with Gasteiger partial charge in [0, 0.05) is 0 Å². The third kappa shape index (κ3) is 4.45. The van der Waals surface area contributed by atoms with Crippen LogP contribution in [0.5, 0.6) is 0 Å². The van der Waals surface area contributed by atoms with E-state index in [1.165, 1.54) is 0 Å². The summed E-state index contributed by atoms with van der Waals surface area (Å²) in [5.74, 6) is -2.17. The van der Waals surface area contributed by atoms with E-state index in [4.69, 9.17) is 0 Å². The van der Waals surface area contributed by atoms with Crippen molar-refractivity contribution >= 4 is 22.8 Å². The molecule has 27 heavy (non-hydrogen) atoms. The number of hydrogen-bond donors (Lipinski definition) is 3. The number of aliphatic carboxylic acids is 1. The Morgan fingerprint density at radius 2 is 1.78 bits per heavy atom. The van der Waals surface area contributed by atoms with Crippen molar-refractivity contribution in [3.05, 3.63) is 45.1 Å². The number of aromatic amines is 1. The first kappa shape index (κ1) is 20.4. The molecule has 1 heterocycles. The standard InChI is InChI=1S/C19H25N3O5/c1-10(2)9-14(16(23)21-15(11(3)4)18(25)26)22-17(24)12-7-5-6-8-13(12)20-19(22)27/h5-8,10-11,14-15H,9H2,1-4H3,(H,20,27)(H,21,23)(H,25,26). The van der Waals surface area contributed by atoms with E-state index in [9.17, 15) is 24.3 Å². The molecular weight excluding hydrogens is 350 g/mol. The number of carboxylic acid groups (broad SMARTS) is 1. The maximum Gasteiger partial charge on any atom is 0.329 e. The van der Waals surface area contributed by atoms with Gasteiger partial charge in [0.05, 0.1) is 10.9 Å². The van der Waals surface area contributed by atoms with E-state index >= 15 is 0 Å². The van der Waals surface area contributed by atoms with Gasteiger partial charge < -0.3 is 15.4 Å². The topological polar surface area (TPSA) is 121 Å². The number of rotatable bonds is 7. The molecule has 0 spiro atoms. The van der Waals surface area contributed by atoms with Crippen molar-refractivity contribution in [2.75, 3.05) is 0 Å². The van der Waals surface area contributed by atoms with Crippen molar-refractivity contribution in [3.63, 3.8) is 0 Å². The Morgan fingerprint density at radius 1 is 1.15 bits per heavy atom. The van der Waals surface area contributed by atoms with Crippen LogP contribution in [-0.2, 0) is 9.59 Å². The highest BCUT2D eigenvalue weighted by atomic mass is 16.4. The summed E-state index contributed by atoms with van der Waals surface area (Å²) in [6, 6.07) is 4.33. The molecule has 2 atom stereocenters. The van der Waals surface area contributed by atoms with E-state index in [0.717, 1.165) is 4.57 Å². The van der Waals surface area contributed by atoms with Gasteiger partial charge in [-0.05, 0) is 30.4 Å². The van der Waals surface area contributed by atoms with Crippen LogP contribution in [0.15, 0.2) is 33.9 Å². The molecule has 2 aromatic rings. The van der Waals surface area contributed by atoms with Crippen molar-refractivity contribution in [2.24, 2.45) is 11.8 Å². The van der Waals surface area contributed by atoms with Crippen molar-refractivity contribution < 1.29 is 14.7 Å². The fourth-order valence-electron chi connectivity index (χ4n) is 3.00. The maximum atomic E-state index is 12.9. The summed E-state index contributed by atoms with van der Waals surface area (Å²) in [7, 11) is 0. The quantitative estimate of drug-likeness (QED) is 0.677. The fourth-order valence-corrected chi connectivity index (χ4v) is 3.00. The molecule has 2 unspecified atom stereocenters. The smallest absolute Gasteiger partial charge is 0.329 e. The largest absolute Gasteiger partial charge is 0.480 e. The highest BCUT2D eigenvalue weighted by Gasteiger charge is 2.30. The molecule has 3 N–H and O–H groups in total. The van der Waals surface area contributed by atoms with Crippen molar-refractivity contribution in [3.8, 4) is 0 Å². The Hall–Kier alpha value is -2.90. The maximum absolute atomic E-state index is 12.9. The summed E-state index contributed by atoms with van der Waals surface area (Å²) < 4.78 is 0.886. The number of carbonyl (C=O) groups is 2. The summed E-state index contributed by atoms with van der Waals surface area (Å²) in [6.45, 7) is 7.06. The zero-order valence-corrected chi connectivity index (χ0v) is 15.9. The Morgan fingerprint density at radius 3 is 2.33 bits per heavy atom. The number of carbonyl (C=O) groups excluding carboxylic acids is 1. The van der Waals surface area contributed by atoms with E-state index in [2.05, 4.69) is 10.3 Å². The molecule has 1 aromatic heterocycles. The number of para-hydroxylation sites is 1. The zero-order chi connectivity index (χ0) is 20.3. The predicted octanol–water partition coefficient (Wildman–Crippen LogP) is 1.50. The van der Waals surface area contributed by atoms with Crippen LogP contribution < -0.4 is 16.6 Å². The Labute approximate surface area is 156 Å². The fraction of sp³-hybridized carbons (Fsp3) is 0.474. The van der Waals surface area contributed by atoms with Crippen LogP contribution in [0, 0.1) is 11.8 Å². The monoisotopic (exact) mass is 375 g/mol. The lowest BCUT2D eigenvalue weighted by Crippen LogP contribution is -2.50. The van der Waals surface area contributed by atoms with E-state index in [1.54, 1.807) is 38.1 Å². The molecule has 0 radical (unpaired) electrons. The summed E-state index contributed by atoms with van der Waals surface area (Å²) in [5, 5.41) is 12.1. The molecule has 1 aromatic carbocycles. The van der Waals surface area contributed by atoms with Gasteiger partial charge in [0.15, 0.2) is 0 Å². The molecule has 0 fully saturated rings. The van der Waals surface area contributed by atoms with Crippen LogP contribution in [0.25, 0.3) is 10.9 Å². The van der Waals surface area contributed by atoms with Crippen LogP contribution in [0.1, 0.15) is 40.2 Å². The van der Waals surface area contributed by atoms with Crippen LogP contribution in [0.2, 0.25) is 0 Å². The number of nitrogens with zero attached hydrogens (tertiary/aromatic N) is 1. The minimum absolute atomic E-state index is 0.000786. The first-order valence-electron chi connectivity index (χ1n) is 8.90. The van der Waals surface area contributed by atoms with Gasteiger partial charge in [0.1, 0.15) is 12.1 Å². The second-order valence-corrected chi connectivity index (χ2v) is 7.36. The van der Waals surface area contributed by atoms with E-state index in [1.807, 2.05) is 13.8 Å². The normalized spacial score (nSPS) is 13.7. The number of fused-ring (bicyclic) bond motifs is 1. The lowest BCUT2D eigenvalue weighted by Gasteiger charge is -2.24. The first-order chi connectivity index (χ1) is 12.6. The third-order valence-corrected chi connectivity index (χ3v) is 4.38. The SMILES string of the molecule is CC(C)CC(C(=O)NC(C(=O)O)C(C)C)n1c(=O)[nH]c2ccccc2c1=O. The van der Waals surface area contributed by atoms with Gasteiger partial charge in [-0.25, -0.2) is 14.2 Å². The summed E-state index contributed by atoms with van der Waals surface area (Å²) in [4.78, 5) is 52.3. The molecule has 8 nitrogen and oxygen atoms in total. The van der Waals surface area contributed by atoms with E-state index < -0.39 is 35.2 Å².